The number of piperazine rings is 1. The Balaban J connectivity index is 1.38. The normalized spacial score (nSPS) is 15.8. The molecule has 0 spiro atoms. The van der Waals surface area contributed by atoms with E-state index in [-0.39, 0.29) is 0 Å². The molecule has 0 saturated carbocycles. The van der Waals surface area contributed by atoms with E-state index in [1.165, 1.54) is 29.7 Å². The molecule has 0 radical (unpaired) electrons. The average molecular weight is 415 g/mol. The van der Waals surface area contributed by atoms with Crippen molar-refractivity contribution in [1.82, 2.24) is 9.80 Å². The second-order valence-corrected chi connectivity index (χ2v) is 8.47. The lowest BCUT2D eigenvalue weighted by atomic mass is 9.85. The number of aryl methyl sites for hydroxylation is 1. The fraction of sp³-hybridized carbons (Fsp3) is 0.357. The predicted molar refractivity (Wildman–Crippen MR) is 128 cm³/mol. The lowest BCUT2D eigenvalue weighted by molar-refractivity contribution is -0.0195. The van der Waals surface area contributed by atoms with E-state index in [1.807, 2.05) is 7.11 Å². The highest BCUT2D eigenvalue weighted by molar-refractivity contribution is 5.37. The zero-order chi connectivity index (χ0) is 21.4. The molecule has 0 aliphatic carbocycles. The lowest BCUT2D eigenvalue weighted by Crippen LogP contribution is -2.52. The number of benzene rings is 3. The number of nitrogens with zero attached hydrogens (tertiary/aromatic N) is 2. The Kier molecular flexibility index (Phi) is 7.52. The Morgan fingerprint density at radius 1 is 0.677 bits per heavy atom. The second kappa shape index (κ2) is 10.7. The topological polar surface area (TPSA) is 15.7 Å². The van der Waals surface area contributed by atoms with Crippen molar-refractivity contribution in [3.05, 3.63) is 108 Å². The molecule has 1 aliphatic heterocycles. The van der Waals surface area contributed by atoms with Crippen LogP contribution in [0.25, 0.3) is 0 Å². The van der Waals surface area contributed by atoms with Crippen molar-refractivity contribution >= 4 is 0 Å². The van der Waals surface area contributed by atoms with Crippen LogP contribution in [0.15, 0.2) is 91.0 Å². The third-order valence-electron chi connectivity index (χ3n) is 6.52. The zero-order valence-electron chi connectivity index (χ0n) is 18.6. The van der Waals surface area contributed by atoms with Crippen LogP contribution in [0.5, 0.6) is 0 Å². The van der Waals surface area contributed by atoms with Crippen LogP contribution in [-0.2, 0) is 16.8 Å². The summed E-state index contributed by atoms with van der Waals surface area (Å²) >= 11 is 0. The first-order valence-electron chi connectivity index (χ1n) is 11.4. The first-order valence-corrected chi connectivity index (χ1v) is 11.4. The first-order chi connectivity index (χ1) is 15.3. The molecule has 3 aromatic carbocycles. The zero-order valence-corrected chi connectivity index (χ0v) is 18.6. The minimum Gasteiger partial charge on any atom is -0.367 e. The van der Waals surface area contributed by atoms with Crippen LogP contribution in [-0.4, -0.2) is 56.2 Å². The van der Waals surface area contributed by atoms with Gasteiger partial charge in [-0.05, 0) is 36.1 Å². The van der Waals surface area contributed by atoms with Crippen LogP contribution in [0.2, 0.25) is 0 Å². The van der Waals surface area contributed by atoms with Gasteiger partial charge >= 0.3 is 0 Å². The van der Waals surface area contributed by atoms with Gasteiger partial charge in [-0.3, -0.25) is 4.90 Å². The summed E-state index contributed by atoms with van der Waals surface area (Å²) < 4.78 is 6.30. The molecule has 162 valence electrons. The highest BCUT2D eigenvalue weighted by atomic mass is 16.5. The lowest BCUT2D eigenvalue weighted by Gasteiger charge is -2.42. The molecule has 0 unspecified atom stereocenters. The smallest absolute Gasteiger partial charge is 0.130 e. The number of rotatable bonds is 9. The van der Waals surface area contributed by atoms with Gasteiger partial charge in [0, 0.05) is 39.8 Å². The standard InChI is InChI=1S/C28H34N2O/c1-31-28(26-15-7-3-8-16-26,27-17-9-4-10-18-27)24-30-22-20-29(21-23-30)19-11-14-25-12-5-2-6-13-25/h2-10,12-13,15-18H,11,14,19-24H2,1H3. The number of ether oxygens (including phenoxy) is 1. The molecule has 3 heteroatoms. The van der Waals surface area contributed by atoms with Crippen molar-refractivity contribution in [3.63, 3.8) is 0 Å². The van der Waals surface area contributed by atoms with Crippen LogP contribution in [0.3, 0.4) is 0 Å². The van der Waals surface area contributed by atoms with E-state index >= 15 is 0 Å². The molecule has 1 heterocycles. The molecule has 0 N–H and O–H groups in total. The maximum Gasteiger partial charge on any atom is 0.130 e. The van der Waals surface area contributed by atoms with E-state index in [0.717, 1.165) is 39.1 Å². The Hall–Kier alpha value is -2.46. The SMILES string of the molecule is COC(CN1CCN(CCCc2ccccc2)CC1)(c1ccccc1)c1ccccc1. The van der Waals surface area contributed by atoms with Gasteiger partial charge in [-0.15, -0.1) is 0 Å². The highest BCUT2D eigenvalue weighted by Crippen LogP contribution is 2.34. The fourth-order valence-electron chi connectivity index (χ4n) is 4.70. The molecule has 3 nitrogen and oxygen atoms in total. The van der Waals surface area contributed by atoms with Gasteiger partial charge < -0.3 is 9.64 Å². The summed E-state index contributed by atoms with van der Waals surface area (Å²) in [4.78, 5) is 5.18. The predicted octanol–water partition coefficient (Wildman–Crippen LogP) is 4.83. The largest absolute Gasteiger partial charge is 0.367 e. The Morgan fingerprint density at radius 2 is 1.16 bits per heavy atom. The molecule has 31 heavy (non-hydrogen) atoms. The van der Waals surface area contributed by atoms with Crippen molar-refractivity contribution in [2.24, 2.45) is 0 Å². The summed E-state index contributed by atoms with van der Waals surface area (Å²) in [5.74, 6) is 0. The van der Waals surface area contributed by atoms with Crippen molar-refractivity contribution in [2.45, 2.75) is 18.4 Å². The molecule has 0 bridgehead atoms. The summed E-state index contributed by atoms with van der Waals surface area (Å²) in [6.45, 7) is 6.45. The maximum absolute atomic E-state index is 6.30. The number of methoxy groups -OCH3 is 1. The first kappa shape index (κ1) is 21.8. The summed E-state index contributed by atoms with van der Waals surface area (Å²) in [6, 6.07) is 32.2. The Morgan fingerprint density at radius 3 is 1.68 bits per heavy atom. The molecule has 0 amide bonds. The summed E-state index contributed by atoms with van der Waals surface area (Å²) in [5, 5.41) is 0. The van der Waals surface area contributed by atoms with Crippen molar-refractivity contribution < 1.29 is 4.74 Å². The van der Waals surface area contributed by atoms with Crippen LogP contribution in [0.1, 0.15) is 23.1 Å². The van der Waals surface area contributed by atoms with Crippen molar-refractivity contribution in [3.8, 4) is 0 Å². The van der Waals surface area contributed by atoms with Crippen molar-refractivity contribution in [1.29, 1.82) is 0 Å². The minimum absolute atomic E-state index is 0.446. The third kappa shape index (κ3) is 5.43. The monoisotopic (exact) mass is 414 g/mol. The van der Waals surface area contributed by atoms with E-state index in [0.29, 0.717) is 0 Å². The van der Waals surface area contributed by atoms with Gasteiger partial charge in [0.1, 0.15) is 5.60 Å². The molecule has 4 rings (SSSR count). The average Bonchev–Trinajstić information content (AvgIpc) is 2.85. The quantitative estimate of drug-likeness (QED) is 0.499. The molecular formula is C28H34N2O. The minimum atomic E-state index is -0.446. The van der Waals surface area contributed by atoms with E-state index in [1.54, 1.807) is 0 Å². The summed E-state index contributed by atoms with van der Waals surface area (Å²) in [6.07, 6.45) is 2.38. The van der Waals surface area contributed by atoms with Gasteiger partial charge in [-0.2, -0.15) is 0 Å². The molecule has 1 fully saturated rings. The molecular weight excluding hydrogens is 380 g/mol. The van der Waals surface area contributed by atoms with Gasteiger partial charge in [0.15, 0.2) is 0 Å². The number of hydrogen-bond donors (Lipinski definition) is 0. The Labute approximate surface area is 187 Å². The van der Waals surface area contributed by atoms with E-state index in [4.69, 9.17) is 4.74 Å². The fourth-order valence-corrected chi connectivity index (χ4v) is 4.70. The second-order valence-electron chi connectivity index (χ2n) is 8.47. The van der Waals surface area contributed by atoms with Crippen LogP contribution >= 0.6 is 0 Å². The van der Waals surface area contributed by atoms with Crippen LogP contribution < -0.4 is 0 Å². The van der Waals surface area contributed by atoms with Crippen LogP contribution in [0, 0.1) is 0 Å². The maximum atomic E-state index is 6.30. The highest BCUT2D eigenvalue weighted by Gasteiger charge is 2.37. The molecule has 3 aromatic rings. The molecule has 0 aromatic heterocycles. The molecule has 1 saturated heterocycles. The summed E-state index contributed by atoms with van der Waals surface area (Å²) in [7, 11) is 1.85. The van der Waals surface area contributed by atoms with Gasteiger partial charge in [0.2, 0.25) is 0 Å². The molecule has 0 atom stereocenters. The van der Waals surface area contributed by atoms with Crippen molar-refractivity contribution in [2.75, 3.05) is 46.4 Å². The van der Waals surface area contributed by atoms with Gasteiger partial charge in [0.25, 0.3) is 0 Å². The third-order valence-corrected chi connectivity index (χ3v) is 6.52. The van der Waals surface area contributed by atoms with Gasteiger partial charge in [-0.25, -0.2) is 0 Å². The number of hydrogen-bond acceptors (Lipinski definition) is 3. The summed E-state index contributed by atoms with van der Waals surface area (Å²) in [5.41, 5.74) is 3.43. The van der Waals surface area contributed by atoms with E-state index in [9.17, 15) is 0 Å². The van der Waals surface area contributed by atoms with Gasteiger partial charge in [0.05, 0.1) is 0 Å². The van der Waals surface area contributed by atoms with E-state index in [2.05, 4.69) is 101 Å². The van der Waals surface area contributed by atoms with E-state index < -0.39 is 5.60 Å². The molecule has 1 aliphatic rings. The van der Waals surface area contributed by atoms with Crippen LogP contribution in [0.4, 0.5) is 0 Å². The Bertz CT molecular complexity index is 851. The van der Waals surface area contributed by atoms with Gasteiger partial charge in [-0.1, -0.05) is 91.0 Å².